The Labute approximate surface area is 112 Å². The maximum atomic E-state index is 10.9. The first kappa shape index (κ1) is 12.8. The maximum Gasteiger partial charge on any atom is 0.183 e. The Hall–Kier alpha value is -0.650. The number of hydrogen-bond acceptors (Lipinski definition) is 4. The molecule has 1 unspecified atom stereocenters. The summed E-state index contributed by atoms with van der Waals surface area (Å²) in [5.41, 5.74) is 0.959. The fourth-order valence-electron chi connectivity index (χ4n) is 1.44. The molecule has 0 aliphatic rings. The number of thiazole rings is 1. The molecule has 17 heavy (non-hydrogen) atoms. The highest BCUT2D eigenvalue weighted by atomic mass is 35.5. The van der Waals surface area contributed by atoms with Crippen molar-refractivity contribution >= 4 is 49.1 Å². The van der Waals surface area contributed by atoms with E-state index in [1.54, 1.807) is 17.6 Å². The van der Waals surface area contributed by atoms with E-state index in [1.165, 1.54) is 0 Å². The Morgan fingerprint density at radius 1 is 1.53 bits per heavy atom. The molecule has 1 N–H and O–H groups in total. The molecule has 1 atom stereocenters. The monoisotopic (exact) mass is 288 g/mol. The van der Waals surface area contributed by atoms with Gasteiger partial charge in [-0.25, -0.2) is 4.98 Å². The fraction of sp³-hybridized carbons (Fsp3) is 0.364. The minimum atomic E-state index is -0.716. The van der Waals surface area contributed by atoms with Crippen molar-refractivity contribution < 1.29 is 4.21 Å². The molecule has 0 aliphatic carbocycles. The summed E-state index contributed by atoms with van der Waals surface area (Å²) in [4.78, 5) is 4.44. The van der Waals surface area contributed by atoms with Gasteiger partial charge in [0.05, 0.1) is 10.2 Å². The first-order valence-electron chi connectivity index (χ1n) is 5.25. The van der Waals surface area contributed by atoms with Gasteiger partial charge >= 0.3 is 0 Å². The molecule has 0 fully saturated rings. The predicted molar refractivity (Wildman–Crippen MR) is 76.7 cm³/mol. The molecule has 6 heteroatoms. The van der Waals surface area contributed by atoms with E-state index in [9.17, 15) is 4.21 Å². The first-order chi connectivity index (χ1) is 8.15. The van der Waals surface area contributed by atoms with E-state index >= 15 is 0 Å². The summed E-state index contributed by atoms with van der Waals surface area (Å²) in [5.74, 6) is 0.726. The van der Waals surface area contributed by atoms with Crippen LogP contribution < -0.4 is 5.32 Å². The lowest BCUT2D eigenvalue weighted by Crippen LogP contribution is -2.05. The lowest BCUT2D eigenvalue weighted by molar-refractivity contribution is 0.685. The van der Waals surface area contributed by atoms with Gasteiger partial charge in [-0.1, -0.05) is 22.9 Å². The highest BCUT2D eigenvalue weighted by molar-refractivity contribution is 7.84. The molecule has 0 radical (unpaired) electrons. The molecule has 2 aromatic rings. The van der Waals surface area contributed by atoms with Crippen LogP contribution in [0.4, 0.5) is 5.13 Å². The van der Waals surface area contributed by atoms with E-state index in [-0.39, 0.29) is 0 Å². The topological polar surface area (TPSA) is 42.0 Å². The summed E-state index contributed by atoms with van der Waals surface area (Å²) in [6.07, 6.45) is 2.61. The molecule has 0 saturated carbocycles. The van der Waals surface area contributed by atoms with Gasteiger partial charge in [0.1, 0.15) is 0 Å². The van der Waals surface area contributed by atoms with Crippen LogP contribution in [-0.4, -0.2) is 27.7 Å². The number of aromatic nitrogens is 1. The third kappa shape index (κ3) is 3.66. The third-order valence-electron chi connectivity index (χ3n) is 2.24. The Morgan fingerprint density at radius 3 is 3.12 bits per heavy atom. The highest BCUT2D eigenvalue weighted by Crippen LogP contribution is 2.28. The molecule has 2 rings (SSSR count). The number of nitrogens with one attached hydrogen (secondary N) is 1. The van der Waals surface area contributed by atoms with E-state index < -0.39 is 10.8 Å². The zero-order valence-electron chi connectivity index (χ0n) is 9.40. The molecular weight excluding hydrogens is 276 g/mol. The van der Waals surface area contributed by atoms with Gasteiger partial charge in [0.15, 0.2) is 5.13 Å². The summed E-state index contributed by atoms with van der Waals surface area (Å²) in [5, 5.41) is 4.86. The van der Waals surface area contributed by atoms with Crippen molar-refractivity contribution in [2.75, 3.05) is 23.9 Å². The Balaban J connectivity index is 1.97. The van der Waals surface area contributed by atoms with E-state index in [4.69, 9.17) is 11.6 Å². The molecule has 1 aromatic heterocycles. The first-order valence-corrected chi connectivity index (χ1v) is 8.17. The summed E-state index contributed by atoms with van der Waals surface area (Å²) >= 11 is 7.50. The number of hydrogen-bond donors (Lipinski definition) is 1. The van der Waals surface area contributed by atoms with Gasteiger partial charge in [-0.2, -0.15) is 0 Å². The summed E-state index contributed by atoms with van der Waals surface area (Å²) in [7, 11) is -0.716. The summed E-state index contributed by atoms with van der Waals surface area (Å²) in [6, 6.07) is 5.68. The SMILES string of the molecule is CS(=O)CCCNc1nc2ccc(Cl)cc2s1. The van der Waals surface area contributed by atoms with Gasteiger partial charge in [-0.05, 0) is 24.6 Å². The number of benzene rings is 1. The number of anilines is 1. The van der Waals surface area contributed by atoms with Crippen LogP contribution in [0, 0.1) is 0 Å². The largest absolute Gasteiger partial charge is 0.361 e. The van der Waals surface area contributed by atoms with Crippen molar-refractivity contribution in [2.45, 2.75) is 6.42 Å². The van der Waals surface area contributed by atoms with Gasteiger partial charge in [0.25, 0.3) is 0 Å². The quantitative estimate of drug-likeness (QED) is 0.860. The van der Waals surface area contributed by atoms with E-state index in [0.717, 1.165) is 39.1 Å². The summed E-state index contributed by atoms with van der Waals surface area (Å²) in [6.45, 7) is 0.799. The fourth-order valence-corrected chi connectivity index (χ4v) is 3.16. The van der Waals surface area contributed by atoms with Crippen LogP contribution >= 0.6 is 22.9 Å². The second kappa shape index (κ2) is 5.80. The van der Waals surface area contributed by atoms with Crippen molar-refractivity contribution in [1.29, 1.82) is 0 Å². The molecule has 3 nitrogen and oxygen atoms in total. The van der Waals surface area contributed by atoms with Crippen LogP contribution in [0.3, 0.4) is 0 Å². The average Bonchev–Trinajstić information content (AvgIpc) is 2.66. The highest BCUT2D eigenvalue weighted by Gasteiger charge is 2.03. The van der Waals surface area contributed by atoms with E-state index in [2.05, 4.69) is 10.3 Å². The number of fused-ring (bicyclic) bond motifs is 1. The average molecular weight is 289 g/mol. The molecule has 1 aromatic carbocycles. The smallest absolute Gasteiger partial charge is 0.183 e. The second-order valence-electron chi connectivity index (χ2n) is 3.69. The normalized spacial score (nSPS) is 12.8. The van der Waals surface area contributed by atoms with Crippen LogP contribution in [0.15, 0.2) is 18.2 Å². The minimum Gasteiger partial charge on any atom is -0.361 e. The Bertz CT molecular complexity index is 541. The van der Waals surface area contributed by atoms with Crippen molar-refractivity contribution in [2.24, 2.45) is 0 Å². The lowest BCUT2D eigenvalue weighted by atomic mass is 10.3. The van der Waals surface area contributed by atoms with Crippen molar-refractivity contribution in [3.8, 4) is 0 Å². The standard InChI is InChI=1S/C11H13ClN2OS2/c1-17(15)6-2-5-13-11-14-9-4-3-8(12)7-10(9)16-11/h3-4,7H,2,5-6H2,1H3,(H,13,14). The number of nitrogens with zero attached hydrogens (tertiary/aromatic N) is 1. The molecule has 0 amide bonds. The van der Waals surface area contributed by atoms with Crippen LogP contribution in [0.25, 0.3) is 10.2 Å². The van der Waals surface area contributed by atoms with Crippen LogP contribution in [0.1, 0.15) is 6.42 Å². The van der Waals surface area contributed by atoms with Crippen molar-refractivity contribution in [3.63, 3.8) is 0 Å². The lowest BCUT2D eigenvalue weighted by Gasteiger charge is -1.99. The molecule has 0 aliphatic heterocycles. The van der Waals surface area contributed by atoms with Gasteiger partial charge in [0.2, 0.25) is 0 Å². The zero-order valence-corrected chi connectivity index (χ0v) is 11.8. The molecular formula is C11H13ClN2OS2. The minimum absolute atomic E-state index is 0.716. The second-order valence-corrected chi connectivity index (χ2v) is 6.71. The van der Waals surface area contributed by atoms with Gasteiger partial charge in [-0.15, -0.1) is 0 Å². The Morgan fingerprint density at radius 2 is 2.35 bits per heavy atom. The van der Waals surface area contributed by atoms with E-state index in [1.807, 2.05) is 18.2 Å². The van der Waals surface area contributed by atoms with Crippen LogP contribution in [0.2, 0.25) is 5.02 Å². The van der Waals surface area contributed by atoms with Gasteiger partial charge in [0, 0.05) is 34.4 Å². The number of halogens is 1. The molecule has 1 heterocycles. The molecule has 0 bridgehead atoms. The zero-order chi connectivity index (χ0) is 12.3. The summed E-state index contributed by atoms with van der Waals surface area (Å²) < 4.78 is 12.0. The number of rotatable bonds is 5. The van der Waals surface area contributed by atoms with Crippen LogP contribution in [-0.2, 0) is 10.8 Å². The molecule has 0 spiro atoms. The maximum absolute atomic E-state index is 10.9. The van der Waals surface area contributed by atoms with E-state index in [0.29, 0.717) is 0 Å². The predicted octanol–water partition coefficient (Wildman–Crippen LogP) is 3.13. The molecule has 92 valence electrons. The molecule has 0 saturated heterocycles. The van der Waals surface area contributed by atoms with Crippen molar-refractivity contribution in [1.82, 2.24) is 4.98 Å². The Kier molecular flexibility index (Phi) is 4.36. The van der Waals surface area contributed by atoms with Gasteiger partial charge in [-0.3, -0.25) is 4.21 Å². The van der Waals surface area contributed by atoms with Crippen molar-refractivity contribution in [3.05, 3.63) is 23.2 Å². The third-order valence-corrected chi connectivity index (χ3v) is 4.31. The van der Waals surface area contributed by atoms with Gasteiger partial charge < -0.3 is 5.32 Å². The van der Waals surface area contributed by atoms with Crippen LogP contribution in [0.5, 0.6) is 0 Å².